The van der Waals surface area contributed by atoms with E-state index in [0.29, 0.717) is 12.0 Å². The number of hydrogen-bond acceptors (Lipinski definition) is 2. The van der Waals surface area contributed by atoms with Gasteiger partial charge in [-0.1, -0.05) is 30.3 Å². The number of carbonyl (C=O) groups excluding carboxylic acids is 1. The Balaban J connectivity index is 1.82. The molecule has 0 saturated heterocycles. The van der Waals surface area contributed by atoms with Crippen LogP contribution >= 0.6 is 22.6 Å². The van der Waals surface area contributed by atoms with Crippen molar-refractivity contribution in [2.24, 2.45) is 0 Å². The molecule has 0 aromatic heterocycles. The highest BCUT2D eigenvalue weighted by Gasteiger charge is 2.29. The molecule has 3 heteroatoms. The van der Waals surface area contributed by atoms with Crippen molar-refractivity contribution in [3.8, 4) is 5.75 Å². The van der Waals surface area contributed by atoms with Gasteiger partial charge in [-0.15, -0.1) is 0 Å². The van der Waals surface area contributed by atoms with Crippen LogP contribution in [0.2, 0.25) is 0 Å². The highest BCUT2D eigenvalue weighted by molar-refractivity contribution is 14.1. The third-order valence-electron chi connectivity index (χ3n) is 3.07. The lowest BCUT2D eigenvalue weighted by molar-refractivity contribution is 0.0825. The first kappa shape index (κ1) is 11.7. The van der Waals surface area contributed by atoms with Crippen molar-refractivity contribution in [2.75, 3.05) is 0 Å². The number of para-hydroxylation sites is 1. The number of benzene rings is 2. The van der Waals surface area contributed by atoms with Gasteiger partial charge in [-0.05, 0) is 46.4 Å². The summed E-state index contributed by atoms with van der Waals surface area (Å²) in [4.78, 5) is 12.3. The van der Waals surface area contributed by atoms with Gasteiger partial charge < -0.3 is 4.74 Å². The summed E-state index contributed by atoms with van der Waals surface area (Å²) in [6, 6.07) is 15.4. The van der Waals surface area contributed by atoms with Gasteiger partial charge in [-0.3, -0.25) is 4.79 Å². The van der Waals surface area contributed by atoms with Crippen molar-refractivity contribution in [2.45, 2.75) is 12.5 Å². The Morgan fingerprint density at radius 3 is 2.56 bits per heavy atom. The van der Waals surface area contributed by atoms with Gasteiger partial charge in [0.15, 0.2) is 6.10 Å². The molecule has 0 saturated carbocycles. The first-order valence-corrected chi connectivity index (χ1v) is 6.86. The molecule has 90 valence electrons. The van der Waals surface area contributed by atoms with Crippen LogP contribution in [0.5, 0.6) is 5.75 Å². The Kier molecular flexibility index (Phi) is 3.07. The van der Waals surface area contributed by atoms with E-state index in [1.165, 1.54) is 0 Å². The van der Waals surface area contributed by atoms with E-state index in [9.17, 15) is 4.79 Å². The molecule has 1 atom stereocenters. The lowest BCUT2D eigenvalue weighted by Gasteiger charge is -2.09. The monoisotopic (exact) mass is 350 g/mol. The van der Waals surface area contributed by atoms with Crippen LogP contribution in [-0.4, -0.2) is 11.9 Å². The summed E-state index contributed by atoms with van der Waals surface area (Å²) in [7, 11) is 0. The Morgan fingerprint density at radius 1 is 1.11 bits per heavy atom. The molecule has 3 rings (SSSR count). The van der Waals surface area contributed by atoms with Crippen LogP contribution in [0.15, 0.2) is 48.5 Å². The van der Waals surface area contributed by atoms with E-state index in [0.717, 1.165) is 14.9 Å². The van der Waals surface area contributed by atoms with Crippen molar-refractivity contribution < 1.29 is 9.53 Å². The Morgan fingerprint density at radius 2 is 1.83 bits per heavy atom. The maximum Gasteiger partial charge on any atom is 0.203 e. The third-order valence-corrected chi connectivity index (χ3v) is 3.79. The quantitative estimate of drug-likeness (QED) is 0.612. The van der Waals surface area contributed by atoms with E-state index in [4.69, 9.17) is 4.74 Å². The average molecular weight is 350 g/mol. The normalized spacial score (nSPS) is 17.1. The largest absolute Gasteiger partial charge is 0.482 e. The predicted molar refractivity (Wildman–Crippen MR) is 78.1 cm³/mol. The average Bonchev–Trinajstić information content (AvgIpc) is 2.82. The molecule has 1 heterocycles. The first-order valence-electron chi connectivity index (χ1n) is 5.78. The number of ether oxygens (including phenoxy) is 1. The van der Waals surface area contributed by atoms with Gasteiger partial charge in [0.05, 0.1) is 0 Å². The zero-order valence-corrected chi connectivity index (χ0v) is 11.8. The van der Waals surface area contributed by atoms with Gasteiger partial charge in [0.1, 0.15) is 5.75 Å². The Hall–Kier alpha value is -1.36. The number of rotatable bonds is 2. The molecule has 0 amide bonds. The summed E-state index contributed by atoms with van der Waals surface area (Å²) >= 11 is 2.23. The minimum Gasteiger partial charge on any atom is -0.482 e. The van der Waals surface area contributed by atoms with Crippen LogP contribution in [-0.2, 0) is 6.42 Å². The summed E-state index contributed by atoms with van der Waals surface area (Å²) in [6.45, 7) is 0. The Bertz CT molecular complexity index is 565. The molecule has 0 spiro atoms. The molecule has 0 fully saturated rings. The molecule has 1 unspecified atom stereocenters. The first-order chi connectivity index (χ1) is 8.74. The predicted octanol–water partition coefficient (Wildman–Crippen LogP) is 3.48. The standard InChI is InChI=1S/C15H11IO2/c16-12-7-5-10(6-8-12)15(17)14-9-11-3-1-2-4-13(11)18-14/h1-8,14H,9H2. The summed E-state index contributed by atoms with van der Waals surface area (Å²) in [5.74, 6) is 0.893. The number of fused-ring (bicyclic) bond motifs is 1. The number of halogens is 1. The lowest BCUT2D eigenvalue weighted by Crippen LogP contribution is -2.25. The maximum atomic E-state index is 12.3. The van der Waals surface area contributed by atoms with E-state index in [2.05, 4.69) is 22.6 Å². The van der Waals surface area contributed by atoms with Gasteiger partial charge in [0, 0.05) is 15.6 Å². The molecule has 0 bridgehead atoms. The zero-order chi connectivity index (χ0) is 12.5. The van der Waals surface area contributed by atoms with Crippen molar-refractivity contribution >= 4 is 28.4 Å². The lowest BCUT2D eigenvalue weighted by atomic mass is 10.0. The summed E-state index contributed by atoms with van der Waals surface area (Å²) in [5, 5.41) is 0. The van der Waals surface area contributed by atoms with Gasteiger partial charge >= 0.3 is 0 Å². The van der Waals surface area contributed by atoms with E-state index >= 15 is 0 Å². The molecule has 2 aromatic carbocycles. The van der Waals surface area contributed by atoms with Crippen molar-refractivity contribution in [3.05, 3.63) is 63.2 Å². The van der Waals surface area contributed by atoms with E-state index in [-0.39, 0.29) is 11.9 Å². The number of Topliss-reactive ketones (excluding diaryl/α,β-unsaturated/α-hetero) is 1. The molecule has 2 nitrogen and oxygen atoms in total. The topological polar surface area (TPSA) is 26.3 Å². The number of carbonyl (C=O) groups is 1. The second kappa shape index (κ2) is 4.72. The molecular weight excluding hydrogens is 339 g/mol. The fraction of sp³-hybridized carbons (Fsp3) is 0.133. The van der Waals surface area contributed by atoms with Crippen molar-refractivity contribution in [1.29, 1.82) is 0 Å². The van der Waals surface area contributed by atoms with Crippen LogP contribution in [0.3, 0.4) is 0 Å². The highest BCUT2D eigenvalue weighted by Crippen LogP contribution is 2.29. The molecule has 1 aliphatic heterocycles. The SMILES string of the molecule is O=C(c1ccc(I)cc1)C1Cc2ccccc2O1. The fourth-order valence-electron chi connectivity index (χ4n) is 2.13. The molecule has 0 N–H and O–H groups in total. The Labute approximate surface area is 119 Å². The minimum atomic E-state index is -0.373. The smallest absolute Gasteiger partial charge is 0.203 e. The number of hydrogen-bond donors (Lipinski definition) is 0. The fourth-order valence-corrected chi connectivity index (χ4v) is 2.49. The van der Waals surface area contributed by atoms with Gasteiger partial charge in [-0.2, -0.15) is 0 Å². The van der Waals surface area contributed by atoms with Crippen LogP contribution in [0.1, 0.15) is 15.9 Å². The van der Waals surface area contributed by atoms with Crippen molar-refractivity contribution in [3.63, 3.8) is 0 Å². The summed E-state index contributed by atoms with van der Waals surface area (Å²) in [5.41, 5.74) is 1.83. The van der Waals surface area contributed by atoms with Crippen LogP contribution in [0.25, 0.3) is 0 Å². The molecule has 1 aliphatic rings. The molecular formula is C15H11IO2. The van der Waals surface area contributed by atoms with Crippen LogP contribution < -0.4 is 4.74 Å². The van der Waals surface area contributed by atoms with Crippen LogP contribution in [0.4, 0.5) is 0 Å². The highest BCUT2D eigenvalue weighted by atomic mass is 127. The zero-order valence-electron chi connectivity index (χ0n) is 9.60. The van der Waals surface area contributed by atoms with Gasteiger partial charge in [-0.25, -0.2) is 0 Å². The molecule has 2 aromatic rings. The summed E-state index contributed by atoms with van der Waals surface area (Å²) < 4.78 is 6.83. The van der Waals surface area contributed by atoms with Crippen molar-refractivity contribution in [1.82, 2.24) is 0 Å². The van der Waals surface area contributed by atoms with E-state index in [1.54, 1.807) is 0 Å². The second-order valence-corrected chi connectivity index (χ2v) is 5.54. The van der Waals surface area contributed by atoms with Gasteiger partial charge in [0.25, 0.3) is 0 Å². The third kappa shape index (κ3) is 2.14. The molecule has 0 aliphatic carbocycles. The molecule has 18 heavy (non-hydrogen) atoms. The van der Waals surface area contributed by atoms with Crippen LogP contribution in [0, 0.1) is 3.57 Å². The second-order valence-electron chi connectivity index (χ2n) is 4.29. The van der Waals surface area contributed by atoms with E-state index in [1.807, 2.05) is 48.5 Å². The number of ketones is 1. The summed E-state index contributed by atoms with van der Waals surface area (Å²) in [6.07, 6.45) is 0.295. The van der Waals surface area contributed by atoms with Gasteiger partial charge in [0.2, 0.25) is 5.78 Å². The maximum absolute atomic E-state index is 12.3. The van der Waals surface area contributed by atoms with E-state index < -0.39 is 0 Å². The molecule has 0 radical (unpaired) electrons. The minimum absolute atomic E-state index is 0.0580.